The van der Waals surface area contributed by atoms with Crippen molar-refractivity contribution in [1.29, 1.82) is 0 Å². The summed E-state index contributed by atoms with van der Waals surface area (Å²) in [5, 5.41) is 41.6. The average molecular weight is 433 g/mol. The van der Waals surface area contributed by atoms with Gasteiger partial charge in [-0.2, -0.15) is 0 Å². The molecule has 4 aliphatic carbocycles. The Hall–Kier alpha value is -0.680. The highest BCUT2D eigenvalue weighted by Crippen LogP contribution is 2.66. The molecule has 9 atom stereocenters. The number of hydrogen-bond acceptors (Lipinski definition) is 4. The molecular weight excluding hydrogens is 388 g/mol. The Morgan fingerprint density at radius 1 is 1.06 bits per heavy atom. The van der Waals surface area contributed by atoms with E-state index in [0.29, 0.717) is 42.9 Å². The van der Waals surface area contributed by atoms with Crippen LogP contribution in [0.4, 0.5) is 0 Å². The second-order valence-electron chi connectivity index (χ2n) is 12.3. The summed E-state index contributed by atoms with van der Waals surface area (Å²) in [4.78, 5) is 0. The highest BCUT2D eigenvalue weighted by Gasteiger charge is 2.58. The molecule has 4 N–H and O–H groups in total. The molecule has 0 amide bonds. The van der Waals surface area contributed by atoms with E-state index in [4.69, 9.17) is 0 Å². The summed E-state index contributed by atoms with van der Waals surface area (Å²) in [6, 6.07) is 0. The van der Waals surface area contributed by atoms with E-state index in [1.165, 1.54) is 24.8 Å². The van der Waals surface area contributed by atoms with Crippen molar-refractivity contribution < 1.29 is 20.4 Å². The SMILES string of the molecule is C[C@H](CCC(O)C(C)(C)O)[C@H]1CC[C@H]2C3=CC=C4C[C@@H](O)C[C@H](O)[C@]4(C)[C@H]3CC[C@]12C. The molecule has 1 unspecified atom stereocenters. The third-order valence-electron chi connectivity index (χ3n) is 10.1. The first-order valence-corrected chi connectivity index (χ1v) is 12.6. The fourth-order valence-corrected chi connectivity index (χ4v) is 8.00. The first kappa shape index (κ1) is 23.5. The van der Waals surface area contributed by atoms with Crippen molar-refractivity contribution in [2.75, 3.05) is 0 Å². The quantitative estimate of drug-likeness (QED) is 0.520. The second-order valence-corrected chi connectivity index (χ2v) is 12.3. The predicted octanol–water partition coefficient (Wildman–Crippen LogP) is 4.37. The summed E-state index contributed by atoms with van der Waals surface area (Å²) in [5.41, 5.74) is 1.77. The van der Waals surface area contributed by atoms with Crippen LogP contribution >= 0.6 is 0 Å². The van der Waals surface area contributed by atoms with Crippen LogP contribution in [0, 0.1) is 34.5 Å². The van der Waals surface area contributed by atoms with Gasteiger partial charge in [0.05, 0.1) is 23.9 Å². The molecule has 0 aliphatic heterocycles. The molecule has 4 nitrogen and oxygen atoms in total. The highest BCUT2D eigenvalue weighted by molar-refractivity contribution is 5.40. The Bertz CT molecular complexity index is 749. The molecule has 0 aromatic heterocycles. The minimum Gasteiger partial charge on any atom is -0.393 e. The van der Waals surface area contributed by atoms with E-state index in [-0.39, 0.29) is 10.8 Å². The second kappa shape index (κ2) is 7.97. The number of hydrogen-bond donors (Lipinski definition) is 4. The van der Waals surface area contributed by atoms with Gasteiger partial charge in [-0.1, -0.05) is 44.1 Å². The average Bonchev–Trinajstić information content (AvgIpc) is 3.03. The van der Waals surface area contributed by atoms with Crippen molar-refractivity contribution in [1.82, 2.24) is 0 Å². The van der Waals surface area contributed by atoms with Crippen molar-refractivity contribution in [3.05, 3.63) is 23.3 Å². The van der Waals surface area contributed by atoms with Gasteiger partial charge in [0.15, 0.2) is 0 Å². The Morgan fingerprint density at radius 3 is 2.45 bits per heavy atom. The first-order chi connectivity index (χ1) is 14.4. The number of rotatable bonds is 5. The molecule has 0 saturated heterocycles. The number of fused-ring (bicyclic) bond motifs is 5. The molecule has 3 fully saturated rings. The maximum absolute atomic E-state index is 11.0. The molecule has 4 aliphatic rings. The van der Waals surface area contributed by atoms with E-state index in [1.807, 2.05) is 0 Å². The van der Waals surface area contributed by atoms with Crippen LogP contribution in [-0.4, -0.2) is 44.3 Å². The van der Waals surface area contributed by atoms with Crippen molar-refractivity contribution in [2.45, 2.75) is 110 Å². The van der Waals surface area contributed by atoms with E-state index in [9.17, 15) is 20.4 Å². The van der Waals surface area contributed by atoms with Crippen LogP contribution in [0.2, 0.25) is 0 Å². The van der Waals surface area contributed by atoms with Gasteiger partial charge in [0.25, 0.3) is 0 Å². The molecular formula is C27H44O4. The van der Waals surface area contributed by atoms with Gasteiger partial charge in [-0.25, -0.2) is 0 Å². The van der Waals surface area contributed by atoms with Crippen LogP contribution in [0.25, 0.3) is 0 Å². The van der Waals surface area contributed by atoms with E-state index >= 15 is 0 Å². The Balaban J connectivity index is 1.53. The van der Waals surface area contributed by atoms with Crippen LogP contribution in [0.3, 0.4) is 0 Å². The monoisotopic (exact) mass is 432 g/mol. The summed E-state index contributed by atoms with van der Waals surface area (Å²) in [6.07, 6.45) is 10.5. The van der Waals surface area contributed by atoms with Crippen LogP contribution in [0.1, 0.15) is 86.0 Å². The van der Waals surface area contributed by atoms with Gasteiger partial charge < -0.3 is 20.4 Å². The lowest BCUT2D eigenvalue weighted by Gasteiger charge is -2.56. The maximum atomic E-state index is 11.0. The highest BCUT2D eigenvalue weighted by atomic mass is 16.3. The fraction of sp³-hybridized carbons (Fsp3) is 0.852. The zero-order chi connectivity index (χ0) is 22.8. The zero-order valence-corrected chi connectivity index (χ0v) is 20.1. The minimum absolute atomic E-state index is 0.231. The summed E-state index contributed by atoms with van der Waals surface area (Å²) in [5.74, 6) is 2.10. The minimum atomic E-state index is -1.04. The standard InChI is InChI=1S/C27H44O4/c1-16(6-11-23(29)25(2,3)31)20-9-10-21-19-8-7-17-14-18(28)15-24(30)27(17,5)22(19)12-13-26(20,21)4/h7-8,16,18,20-24,28-31H,6,9-15H2,1-5H3/t16-,18-,20-,21+,22+,23?,24+,26-,27+/m1/s1. The third kappa shape index (κ3) is 3.76. The molecule has 0 spiro atoms. The first-order valence-electron chi connectivity index (χ1n) is 12.6. The molecule has 176 valence electrons. The zero-order valence-electron chi connectivity index (χ0n) is 20.1. The lowest BCUT2D eigenvalue weighted by Crippen LogP contribution is -2.52. The molecule has 4 rings (SSSR count). The van der Waals surface area contributed by atoms with E-state index in [1.54, 1.807) is 19.4 Å². The van der Waals surface area contributed by atoms with Crippen LogP contribution < -0.4 is 0 Å². The van der Waals surface area contributed by atoms with Gasteiger partial charge in [0.2, 0.25) is 0 Å². The van der Waals surface area contributed by atoms with Gasteiger partial charge in [0.1, 0.15) is 0 Å². The molecule has 3 saturated carbocycles. The van der Waals surface area contributed by atoms with Gasteiger partial charge in [0, 0.05) is 11.8 Å². The Labute approximate surface area is 188 Å². The summed E-state index contributed by atoms with van der Waals surface area (Å²) in [7, 11) is 0. The molecule has 0 bridgehead atoms. The van der Waals surface area contributed by atoms with Crippen LogP contribution in [0.15, 0.2) is 23.3 Å². The van der Waals surface area contributed by atoms with Gasteiger partial charge in [-0.15, -0.1) is 0 Å². The predicted molar refractivity (Wildman–Crippen MR) is 123 cm³/mol. The van der Waals surface area contributed by atoms with E-state index in [0.717, 1.165) is 12.8 Å². The number of aliphatic hydroxyl groups is 4. The summed E-state index contributed by atoms with van der Waals surface area (Å²) in [6.45, 7) is 10.4. The Kier molecular flexibility index (Phi) is 6.04. The number of aliphatic hydroxyl groups excluding tert-OH is 3. The molecule has 0 heterocycles. The van der Waals surface area contributed by atoms with Crippen molar-refractivity contribution >= 4 is 0 Å². The Morgan fingerprint density at radius 2 is 1.77 bits per heavy atom. The molecule has 31 heavy (non-hydrogen) atoms. The van der Waals surface area contributed by atoms with E-state index in [2.05, 4.69) is 32.9 Å². The smallest absolute Gasteiger partial charge is 0.0849 e. The van der Waals surface area contributed by atoms with Crippen LogP contribution in [-0.2, 0) is 0 Å². The summed E-state index contributed by atoms with van der Waals surface area (Å²) >= 11 is 0. The third-order valence-corrected chi connectivity index (χ3v) is 10.1. The molecule has 0 aromatic rings. The van der Waals surface area contributed by atoms with E-state index < -0.39 is 23.9 Å². The molecule has 4 heteroatoms. The van der Waals surface area contributed by atoms with Crippen LogP contribution in [0.5, 0.6) is 0 Å². The van der Waals surface area contributed by atoms with Gasteiger partial charge >= 0.3 is 0 Å². The van der Waals surface area contributed by atoms with Crippen molar-refractivity contribution in [3.63, 3.8) is 0 Å². The molecule has 0 radical (unpaired) electrons. The van der Waals surface area contributed by atoms with Gasteiger partial charge in [-0.05, 0) is 87.9 Å². The van der Waals surface area contributed by atoms with Gasteiger partial charge in [-0.3, -0.25) is 0 Å². The largest absolute Gasteiger partial charge is 0.393 e. The maximum Gasteiger partial charge on any atom is 0.0849 e. The lowest BCUT2D eigenvalue weighted by atomic mass is 9.49. The van der Waals surface area contributed by atoms with Crippen molar-refractivity contribution in [3.8, 4) is 0 Å². The lowest BCUT2D eigenvalue weighted by molar-refractivity contribution is -0.0598. The fourth-order valence-electron chi connectivity index (χ4n) is 8.00. The van der Waals surface area contributed by atoms with Crippen molar-refractivity contribution in [2.24, 2.45) is 34.5 Å². The normalized spacial score (nSPS) is 44.5. The molecule has 0 aromatic carbocycles. The topological polar surface area (TPSA) is 80.9 Å². The number of allylic oxidation sites excluding steroid dienone is 3. The summed E-state index contributed by atoms with van der Waals surface area (Å²) < 4.78 is 0.